The molecule has 7 heteroatoms. The third-order valence-electron chi connectivity index (χ3n) is 2.04. The van der Waals surface area contributed by atoms with Crippen molar-refractivity contribution in [1.29, 1.82) is 0 Å². The molecule has 7 nitrogen and oxygen atoms in total. The van der Waals surface area contributed by atoms with E-state index in [-0.39, 0.29) is 11.7 Å². The van der Waals surface area contributed by atoms with Crippen LogP contribution in [-0.2, 0) is 0 Å². The van der Waals surface area contributed by atoms with Gasteiger partial charge in [-0.15, -0.1) is 0 Å². The third kappa shape index (κ3) is 1.67. The largest absolute Gasteiger partial charge is 0.375 e. The molecule has 0 fully saturated rings. The van der Waals surface area contributed by atoms with Gasteiger partial charge >= 0.3 is 0 Å². The fourth-order valence-electron chi connectivity index (χ4n) is 1.42. The van der Waals surface area contributed by atoms with Gasteiger partial charge in [0.15, 0.2) is 5.52 Å². The van der Waals surface area contributed by atoms with Gasteiger partial charge < -0.3 is 5.32 Å². The molecule has 0 radical (unpaired) electrons. The Labute approximate surface area is 90.5 Å². The monoisotopic (exact) mass is 222 g/mol. The number of nitrogens with one attached hydrogen (secondary N) is 1. The first kappa shape index (κ1) is 10.3. The van der Waals surface area contributed by atoms with Crippen LogP contribution in [0, 0.1) is 10.1 Å². The van der Waals surface area contributed by atoms with Crippen LogP contribution in [-0.4, -0.2) is 21.3 Å². The molecule has 0 amide bonds. The highest BCUT2D eigenvalue weighted by Gasteiger charge is 2.20. The van der Waals surface area contributed by atoms with Gasteiger partial charge in [0.25, 0.3) is 5.69 Å². The van der Waals surface area contributed by atoms with Crippen LogP contribution in [0.2, 0.25) is 0 Å². The summed E-state index contributed by atoms with van der Waals surface area (Å²) in [6, 6.07) is 2.95. The molecule has 2 rings (SSSR count). The molecule has 1 N–H and O–H groups in total. The van der Waals surface area contributed by atoms with E-state index in [0.29, 0.717) is 16.7 Å². The molecule has 1 aromatic carbocycles. The maximum Gasteiger partial charge on any atom is 0.294 e. The lowest BCUT2D eigenvalue weighted by atomic mass is 10.2. The minimum Gasteiger partial charge on any atom is -0.375 e. The Morgan fingerprint density at radius 2 is 2.19 bits per heavy atom. The van der Waals surface area contributed by atoms with Crippen molar-refractivity contribution < 1.29 is 9.55 Å². The summed E-state index contributed by atoms with van der Waals surface area (Å²) in [5.41, 5.74) is 1.19. The van der Waals surface area contributed by atoms with Crippen molar-refractivity contribution in [2.24, 2.45) is 0 Å². The SMILES string of the molecule is CC(C)Nc1c([N+](=O)[O-])ccc2nonc12. The normalized spacial score (nSPS) is 10.9. The van der Waals surface area contributed by atoms with Gasteiger partial charge in [-0.2, -0.15) is 0 Å². The molecule has 0 bridgehead atoms. The Hall–Kier alpha value is -2.18. The summed E-state index contributed by atoms with van der Waals surface area (Å²) in [6.45, 7) is 3.77. The molecule has 0 aliphatic carbocycles. The van der Waals surface area contributed by atoms with E-state index < -0.39 is 4.92 Å². The number of hydrogen-bond donors (Lipinski definition) is 1. The van der Waals surface area contributed by atoms with Crippen LogP contribution >= 0.6 is 0 Å². The van der Waals surface area contributed by atoms with Gasteiger partial charge in [-0.05, 0) is 30.2 Å². The molecule has 2 aromatic rings. The van der Waals surface area contributed by atoms with E-state index in [1.807, 2.05) is 13.8 Å². The second-order valence-corrected chi connectivity index (χ2v) is 3.65. The highest BCUT2D eigenvalue weighted by atomic mass is 16.6. The van der Waals surface area contributed by atoms with Crippen molar-refractivity contribution in [3.8, 4) is 0 Å². The standard InChI is InChI=1S/C9H10N4O3/c1-5(2)10-9-7(13(14)15)4-3-6-8(9)12-16-11-6/h3-5,10H,1-2H3. The predicted molar refractivity (Wildman–Crippen MR) is 57.2 cm³/mol. The lowest BCUT2D eigenvalue weighted by Crippen LogP contribution is -2.11. The van der Waals surface area contributed by atoms with E-state index in [1.54, 1.807) is 0 Å². The maximum absolute atomic E-state index is 10.9. The fraction of sp³-hybridized carbons (Fsp3) is 0.333. The molecule has 0 saturated heterocycles. The Kier molecular flexibility index (Phi) is 2.43. The first-order valence-electron chi connectivity index (χ1n) is 4.76. The predicted octanol–water partition coefficient (Wildman–Crippen LogP) is 1.95. The zero-order chi connectivity index (χ0) is 11.7. The Morgan fingerprint density at radius 1 is 1.44 bits per heavy atom. The third-order valence-corrected chi connectivity index (χ3v) is 2.04. The molecule has 0 aliphatic rings. The molecule has 1 heterocycles. The van der Waals surface area contributed by atoms with E-state index >= 15 is 0 Å². The van der Waals surface area contributed by atoms with Crippen molar-refractivity contribution in [2.45, 2.75) is 19.9 Å². The first-order chi connectivity index (χ1) is 7.59. The summed E-state index contributed by atoms with van der Waals surface area (Å²) in [7, 11) is 0. The van der Waals surface area contributed by atoms with Crippen molar-refractivity contribution in [3.05, 3.63) is 22.2 Å². The number of hydrogen-bond acceptors (Lipinski definition) is 6. The number of aromatic nitrogens is 2. The average Bonchev–Trinajstić information content (AvgIpc) is 2.64. The Morgan fingerprint density at radius 3 is 2.81 bits per heavy atom. The van der Waals surface area contributed by atoms with Crippen molar-refractivity contribution in [3.63, 3.8) is 0 Å². The van der Waals surface area contributed by atoms with Crippen LogP contribution < -0.4 is 5.32 Å². The number of nitrogens with zero attached hydrogens (tertiary/aromatic N) is 3. The van der Waals surface area contributed by atoms with Crippen molar-refractivity contribution in [2.75, 3.05) is 5.32 Å². The second-order valence-electron chi connectivity index (χ2n) is 3.65. The topological polar surface area (TPSA) is 94.1 Å². The van der Waals surface area contributed by atoms with Crippen LogP contribution in [0.25, 0.3) is 11.0 Å². The fourth-order valence-corrected chi connectivity index (χ4v) is 1.42. The van der Waals surface area contributed by atoms with Crippen molar-refractivity contribution >= 4 is 22.4 Å². The lowest BCUT2D eigenvalue weighted by molar-refractivity contribution is -0.383. The highest BCUT2D eigenvalue weighted by molar-refractivity contribution is 5.92. The van der Waals surface area contributed by atoms with Crippen LogP contribution in [0.1, 0.15) is 13.8 Å². The molecular formula is C9H10N4O3. The molecule has 0 unspecified atom stereocenters. The minimum absolute atomic E-state index is 0.0306. The molecule has 0 saturated carbocycles. The van der Waals surface area contributed by atoms with E-state index in [2.05, 4.69) is 20.3 Å². The summed E-state index contributed by atoms with van der Waals surface area (Å²) in [5.74, 6) is 0. The summed E-state index contributed by atoms with van der Waals surface area (Å²) in [5, 5.41) is 21.1. The van der Waals surface area contributed by atoms with Gasteiger partial charge in [0.1, 0.15) is 11.2 Å². The van der Waals surface area contributed by atoms with Crippen LogP contribution in [0.15, 0.2) is 16.8 Å². The van der Waals surface area contributed by atoms with Gasteiger partial charge in [-0.1, -0.05) is 0 Å². The molecule has 0 atom stereocenters. The van der Waals surface area contributed by atoms with E-state index in [0.717, 1.165) is 0 Å². The van der Waals surface area contributed by atoms with E-state index in [9.17, 15) is 10.1 Å². The first-order valence-corrected chi connectivity index (χ1v) is 4.76. The quantitative estimate of drug-likeness (QED) is 0.630. The number of anilines is 1. The van der Waals surface area contributed by atoms with Crippen LogP contribution in [0.4, 0.5) is 11.4 Å². The molecule has 0 spiro atoms. The Bertz CT molecular complexity index is 535. The number of nitro benzene ring substituents is 1. The summed E-state index contributed by atoms with van der Waals surface area (Å²) < 4.78 is 4.56. The molecule has 84 valence electrons. The van der Waals surface area contributed by atoms with Crippen molar-refractivity contribution in [1.82, 2.24) is 10.3 Å². The highest BCUT2D eigenvalue weighted by Crippen LogP contribution is 2.31. The molecular weight excluding hydrogens is 212 g/mol. The van der Waals surface area contributed by atoms with Gasteiger partial charge in [0.05, 0.1) is 4.92 Å². The van der Waals surface area contributed by atoms with Crippen LogP contribution in [0.3, 0.4) is 0 Å². The number of benzene rings is 1. The van der Waals surface area contributed by atoms with Gasteiger partial charge in [-0.25, -0.2) is 4.63 Å². The van der Waals surface area contributed by atoms with Gasteiger partial charge in [0, 0.05) is 12.1 Å². The lowest BCUT2D eigenvalue weighted by Gasteiger charge is -2.09. The second kappa shape index (κ2) is 3.76. The smallest absolute Gasteiger partial charge is 0.294 e. The minimum atomic E-state index is -0.459. The molecule has 16 heavy (non-hydrogen) atoms. The summed E-state index contributed by atoms with van der Waals surface area (Å²) >= 11 is 0. The van der Waals surface area contributed by atoms with E-state index in [4.69, 9.17) is 0 Å². The van der Waals surface area contributed by atoms with E-state index in [1.165, 1.54) is 12.1 Å². The van der Waals surface area contributed by atoms with Gasteiger partial charge in [-0.3, -0.25) is 10.1 Å². The number of rotatable bonds is 3. The number of fused-ring (bicyclic) bond motifs is 1. The zero-order valence-corrected chi connectivity index (χ0v) is 8.80. The molecule has 1 aromatic heterocycles. The Balaban J connectivity index is 2.65. The zero-order valence-electron chi connectivity index (χ0n) is 8.80. The van der Waals surface area contributed by atoms with Gasteiger partial charge in [0.2, 0.25) is 0 Å². The average molecular weight is 222 g/mol. The van der Waals surface area contributed by atoms with Crippen LogP contribution in [0.5, 0.6) is 0 Å². The summed E-state index contributed by atoms with van der Waals surface area (Å²) in [4.78, 5) is 10.4. The molecule has 0 aliphatic heterocycles. The summed E-state index contributed by atoms with van der Waals surface area (Å²) in [6.07, 6.45) is 0. The number of nitro groups is 1. The maximum atomic E-state index is 10.9.